The maximum absolute atomic E-state index is 11.3. The van der Waals surface area contributed by atoms with Gasteiger partial charge in [-0.2, -0.15) is 0 Å². The molecule has 0 saturated carbocycles. The first-order valence-corrected chi connectivity index (χ1v) is 5.57. The standard InChI is InChI=1S/C10H12BrClN2O/c1-14(2)10(15)6-13-9-4-3-7(12)5-8(9)11/h3-5,13H,6H2,1-2H3. The predicted octanol–water partition coefficient (Wildman–Crippen LogP) is 2.60. The van der Waals surface area contributed by atoms with Crippen molar-refractivity contribution in [2.75, 3.05) is 26.0 Å². The van der Waals surface area contributed by atoms with Gasteiger partial charge in [-0.05, 0) is 34.1 Å². The SMILES string of the molecule is CN(C)C(=O)CNc1ccc(Cl)cc1Br. The molecule has 0 heterocycles. The molecule has 1 aromatic rings. The molecule has 0 spiro atoms. The lowest BCUT2D eigenvalue weighted by molar-refractivity contribution is -0.126. The lowest BCUT2D eigenvalue weighted by Gasteiger charge is -2.12. The summed E-state index contributed by atoms with van der Waals surface area (Å²) in [5.41, 5.74) is 0.856. The van der Waals surface area contributed by atoms with E-state index in [1.54, 1.807) is 26.2 Å². The van der Waals surface area contributed by atoms with Gasteiger partial charge in [0.05, 0.1) is 6.54 Å². The molecular formula is C10H12BrClN2O. The van der Waals surface area contributed by atoms with Gasteiger partial charge in [-0.1, -0.05) is 11.6 Å². The molecule has 5 heteroatoms. The molecule has 0 saturated heterocycles. The second-order valence-electron chi connectivity index (χ2n) is 3.27. The van der Waals surface area contributed by atoms with E-state index in [1.165, 1.54) is 4.90 Å². The number of benzene rings is 1. The van der Waals surface area contributed by atoms with Crippen molar-refractivity contribution in [2.24, 2.45) is 0 Å². The number of anilines is 1. The zero-order valence-corrected chi connectivity index (χ0v) is 10.9. The maximum atomic E-state index is 11.3. The Kier molecular flexibility index (Phi) is 4.42. The number of amides is 1. The van der Waals surface area contributed by atoms with Crippen LogP contribution in [0.15, 0.2) is 22.7 Å². The number of hydrogen-bond acceptors (Lipinski definition) is 2. The van der Waals surface area contributed by atoms with Crippen molar-refractivity contribution in [2.45, 2.75) is 0 Å². The largest absolute Gasteiger partial charge is 0.375 e. The van der Waals surface area contributed by atoms with Gasteiger partial charge in [0.2, 0.25) is 5.91 Å². The summed E-state index contributed by atoms with van der Waals surface area (Å²) >= 11 is 9.16. The summed E-state index contributed by atoms with van der Waals surface area (Å²) in [4.78, 5) is 12.9. The summed E-state index contributed by atoms with van der Waals surface area (Å²) in [7, 11) is 3.45. The number of carbonyl (C=O) groups excluding carboxylic acids is 1. The molecule has 15 heavy (non-hydrogen) atoms. The Hall–Kier alpha value is -0.740. The average molecular weight is 292 g/mol. The third-order valence-electron chi connectivity index (χ3n) is 1.86. The number of halogens is 2. The fraction of sp³-hybridized carbons (Fsp3) is 0.300. The fourth-order valence-corrected chi connectivity index (χ4v) is 1.78. The van der Waals surface area contributed by atoms with Crippen molar-refractivity contribution >= 4 is 39.1 Å². The van der Waals surface area contributed by atoms with Crippen molar-refractivity contribution < 1.29 is 4.79 Å². The number of rotatable bonds is 3. The Labute approximate surface area is 103 Å². The van der Waals surface area contributed by atoms with Gasteiger partial charge >= 0.3 is 0 Å². The predicted molar refractivity (Wildman–Crippen MR) is 66.3 cm³/mol. The molecular weight excluding hydrogens is 279 g/mol. The van der Waals surface area contributed by atoms with E-state index in [0.29, 0.717) is 5.02 Å². The van der Waals surface area contributed by atoms with E-state index in [0.717, 1.165) is 10.2 Å². The van der Waals surface area contributed by atoms with Crippen LogP contribution >= 0.6 is 27.5 Å². The van der Waals surface area contributed by atoms with Gasteiger partial charge in [0, 0.05) is 29.3 Å². The van der Waals surface area contributed by atoms with Gasteiger partial charge in [-0.25, -0.2) is 0 Å². The van der Waals surface area contributed by atoms with Gasteiger partial charge in [-0.3, -0.25) is 4.79 Å². The summed E-state index contributed by atoms with van der Waals surface area (Å²) in [5, 5.41) is 3.68. The van der Waals surface area contributed by atoms with Crippen LogP contribution in [0.25, 0.3) is 0 Å². The molecule has 3 nitrogen and oxygen atoms in total. The first-order chi connectivity index (χ1) is 7.00. The van der Waals surface area contributed by atoms with Crippen LogP contribution in [0.1, 0.15) is 0 Å². The van der Waals surface area contributed by atoms with E-state index in [-0.39, 0.29) is 12.5 Å². The summed E-state index contributed by atoms with van der Waals surface area (Å²) in [6.07, 6.45) is 0. The van der Waals surface area contributed by atoms with Crippen LogP contribution in [0.3, 0.4) is 0 Å². The molecule has 0 atom stereocenters. The number of nitrogens with zero attached hydrogens (tertiary/aromatic N) is 1. The minimum atomic E-state index is 0.0249. The molecule has 1 aromatic carbocycles. The lowest BCUT2D eigenvalue weighted by atomic mass is 10.3. The first kappa shape index (κ1) is 12.3. The highest BCUT2D eigenvalue weighted by atomic mass is 79.9. The second-order valence-corrected chi connectivity index (χ2v) is 4.56. The quantitative estimate of drug-likeness (QED) is 0.928. The van der Waals surface area contributed by atoms with E-state index in [1.807, 2.05) is 6.07 Å². The highest BCUT2D eigenvalue weighted by Gasteiger charge is 2.05. The van der Waals surface area contributed by atoms with E-state index >= 15 is 0 Å². The van der Waals surface area contributed by atoms with Crippen molar-refractivity contribution in [3.63, 3.8) is 0 Å². The second kappa shape index (κ2) is 5.37. The average Bonchev–Trinajstić information content (AvgIpc) is 2.15. The maximum Gasteiger partial charge on any atom is 0.241 e. The third-order valence-corrected chi connectivity index (χ3v) is 2.75. The molecule has 1 N–H and O–H groups in total. The monoisotopic (exact) mass is 290 g/mol. The fourth-order valence-electron chi connectivity index (χ4n) is 0.962. The molecule has 0 aliphatic carbocycles. The van der Waals surface area contributed by atoms with Crippen molar-refractivity contribution in [3.8, 4) is 0 Å². The zero-order chi connectivity index (χ0) is 11.4. The molecule has 0 radical (unpaired) electrons. The smallest absolute Gasteiger partial charge is 0.241 e. The van der Waals surface area contributed by atoms with Crippen LogP contribution in [0.2, 0.25) is 5.02 Å². The molecule has 1 amide bonds. The van der Waals surface area contributed by atoms with Crippen LogP contribution < -0.4 is 5.32 Å². The van der Waals surface area contributed by atoms with Crippen LogP contribution in [-0.4, -0.2) is 31.4 Å². The molecule has 0 bridgehead atoms. The van der Waals surface area contributed by atoms with E-state index < -0.39 is 0 Å². The van der Waals surface area contributed by atoms with Crippen molar-refractivity contribution in [1.29, 1.82) is 0 Å². The number of nitrogens with one attached hydrogen (secondary N) is 1. The minimum Gasteiger partial charge on any atom is -0.375 e. The summed E-state index contributed by atoms with van der Waals surface area (Å²) in [6, 6.07) is 5.38. The van der Waals surface area contributed by atoms with Gasteiger partial charge in [0.15, 0.2) is 0 Å². The summed E-state index contributed by atoms with van der Waals surface area (Å²) < 4.78 is 0.849. The Morgan fingerprint density at radius 1 is 1.53 bits per heavy atom. The normalized spacial score (nSPS) is 9.87. The van der Waals surface area contributed by atoms with Gasteiger partial charge in [0.1, 0.15) is 0 Å². The summed E-state index contributed by atoms with van der Waals surface area (Å²) in [5.74, 6) is 0.0249. The molecule has 0 aliphatic heterocycles. The summed E-state index contributed by atoms with van der Waals surface area (Å²) in [6.45, 7) is 0.271. The van der Waals surface area contributed by atoms with E-state index in [9.17, 15) is 4.79 Å². The topological polar surface area (TPSA) is 32.3 Å². The number of likely N-dealkylation sites (N-methyl/N-ethyl adjacent to an activating group) is 1. The van der Waals surface area contributed by atoms with E-state index in [2.05, 4.69) is 21.2 Å². The van der Waals surface area contributed by atoms with Crippen LogP contribution in [-0.2, 0) is 4.79 Å². The first-order valence-electron chi connectivity index (χ1n) is 4.40. The Balaban J connectivity index is 2.62. The highest BCUT2D eigenvalue weighted by molar-refractivity contribution is 9.10. The molecule has 0 unspecified atom stereocenters. The molecule has 1 rings (SSSR count). The van der Waals surface area contributed by atoms with Gasteiger partial charge in [0.25, 0.3) is 0 Å². The lowest BCUT2D eigenvalue weighted by Crippen LogP contribution is -2.28. The van der Waals surface area contributed by atoms with Crippen LogP contribution in [0.5, 0.6) is 0 Å². The van der Waals surface area contributed by atoms with Crippen LogP contribution in [0.4, 0.5) is 5.69 Å². The highest BCUT2D eigenvalue weighted by Crippen LogP contribution is 2.25. The molecule has 82 valence electrons. The number of carbonyl (C=O) groups is 1. The zero-order valence-electron chi connectivity index (χ0n) is 8.55. The van der Waals surface area contributed by atoms with E-state index in [4.69, 9.17) is 11.6 Å². The minimum absolute atomic E-state index is 0.0249. The van der Waals surface area contributed by atoms with Gasteiger partial charge < -0.3 is 10.2 Å². The molecule has 0 fully saturated rings. The third kappa shape index (κ3) is 3.72. The molecule has 0 aromatic heterocycles. The Morgan fingerprint density at radius 3 is 2.73 bits per heavy atom. The van der Waals surface area contributed by atoms with Crippen molar-refractivity contribution in [1.82, 2.24) is 4.90 Å². The number of hydrogen-bond donors (Lipinski definition) is 1. The van der Waals surface area contributed by atoms with Gasteiger partial charge in [-0.15, -0.1) is 0 Å². The van der Waals surface area contributed by atoms with Crippen LogP contribution in [0, 0.1) is 0 Å². The Bertz CT molecular complexity index is 368. The molecule has 0 aliphatic rings. The Morgan fingerprint density at radius 2 is 2.20 bits per heavy atom. The van der Waals surface area contributed by atoms with Crippen molar-refractivity contribution in [3.05, 3.63) is 27.7 Å².